The van der Waals surface area contributed by atoms with Gasteiger partial charge in [-0.2, -0.15) is 0 Å². The molecule has 7 heteroatoms. The molecule has 0 aromatic carbocycles. The zero-order chi connectivity index (χ0) is 17.4. The lowest BCUT2D eigenvalue weighted by atomic mass is 9.98. The lowest BCUT2D eigenvalue weighted by Gasteiger charge is -2.41. The fourth-order valence-electron chi connectivity index (χ4n) is 3.01. The van der Waals surface area contributed by atoms with Gasteiger partial charge in [0.25, 0.3) is 0 Å². The molecule has 144 valence electrons. The van der Waals surface area contributed by atoms with Crippen LogP contribution in [0.25, 0.3) is 0 Å². The minimum absolute atomic E-state index is 0. The molecule has 1 fully saturated rings. The Morgan fingerprint density at radius 1 is 1.24 bits per heavy atom. The van der Waals surface area contributed by atoms with Crippen LogP contribution in [0.2, 0.25) is 0 Å². The number of likely N-dealkylation sites (tertiary alicyclic amines) is 1. The van der Waals surface area contributed by atoms with E-state index in [4.69, 9.17) is 4.52 Å². The third kappa shape index (κ3) is 7.13. The molecule has 0 spiro atoms. The van der Waals surface area contributed by atoms with Crippen molar-refractivity contribution < 1.29 is 4.52 Å². The zero-order valence-electron chi connectivity index (χ0n) is 16.1. The van der Waals surface area contributed by atoms with Crippen LogP contribution in [0.4, 0.5) is 0 Å². The predicted octanol–water partition coefficient (Wildman–Crippen LogP) is 3.17. The topological polar surface area (TPSA) is 65.7 Å². The van der Waals surface area contributed by atoms with Crippen LogP contribution in [-0.4, -0.2) is 47.7 Å². The molecule has 0 aliphatic carbocycles. The van der Waals surface area contributed by atoms with Crippen LogP contribution in [0, 0.1) is 0 Å². The summed E-state index contributed by atoms with van der Waals surface area (Å²) in [6.07, 6.45) is 4.86. The van der Waals surface area contributed by atoms with Crippen LogP contribution in [0.1, 0.15) is 58.4 Å². The van der Waals surface area contributed by atoms with Crippen molar-refractivity contribution in [1.29, 1.82) is 0 Å². The Kier molecular flexibility index (Phi) is 9.78. The highest BCUT2D eigenvalue weighted by atomic mass is 127. The molecular weight excluding hydrogens is 429 g/mol. The van der Waals surface area contributed by atoms with Gasteiger partial charge in [-0.1, -0.05) is 18.5 Å². The number of aromatic nitrogens is 1. The van der Waals surface area contributed by atoms with Gasteiger partial charge in [-0.3, -0.25) is 4.90 Å². The van der Waals surface area contributed by atoms with Crippen molar-refractivity contribution in [3.05, 3.63) is 17.5 Å². The highest BCUT2D eigenvalue weighted by Gasteiger charge is 2.27. The van der Waals surface area contributed by atoms with Gasteiger partial charge < -0.3 is 15.2 Å². The van der Waals surface area contributed by atoms with E-state index in [-0.39, 0.29) is 29.5 Å². The summed E-state index contributed by atoms with van der Waals surface area (Å²) in [7, 11) is 0. The van der Waals surface area contributed by atoms with Gasteiger partial charge in [0.2, 0.25) is 0 Å². The van der Waals surface area contributed by atoms with E-state index in [1.165, 1.54) is 32.4 Å². The number of guanidine groups is 1. The maximum atomic E-state index is 5.30. The monoisotopic (exact) mass is 463 g/mol. The maximum Gasteiger partial charge on any atom is 0.191 e. The summed E-state index contributed by atoms with van der Waals surface area (Å²) in [6, 6.07) is 1.98. The summed E-state index contributed by atoms with van der Waals surface area (Å²) in [4.78, 5) is 7.20. The van der Waals surface area contributed by atoms with Gasteiger partial charge in [0.05, 0.1) is 5.69 Å². The Morgan fingerprint density at radius 3 is 2.56 bits per heavy atom. The molecule has 1 aliphatic heterocycles. The standard InChI is InChI=1S/C18H33N5O.HI/c1-5-15-12-16(24-22-15)13-20-17(19-6-2)21-14-18(3,4)23-10-8-7-9-11-23;/h12H,5-11,13-14H2,1-4H3,(H2,19,20,21);1H. The van der Waals surface area contributed by atoms with Crippen molar-refractivity contribution in [1.82, 2.24) is 20.7 Å². The quantitative estimate of drug-likeness (QED) is 0.370. The number of aryl methyl sites for hydroxylation is 1. The lowest BCUT2D eigenvalue weighted by molar-refractivity contribution is 0.0982. The van der Waals surface area contributed by atoms with E-state index in [1.807, 2.05) is 6.07 Å². The lowest BCUT2D eigenvalue weighted by Crippen LogP contribution is -2.54. The van der Waals surface area contributed by atoms with E-state index in [0.29, 0.717) is 6.54 Å². The molecule has 1 aromatic rings. The van der Waals surface area contributed by atoms with E-state index in [0.717, 1.165) is 36.9 Å². The van der Waals surface area contributed by atoms with Gasteiger partial charge in [-0.25, -0.2) is 4.99 Å². The van der Waals surface area contributed by atoms with E-state index in [9.17, 15) is 0 Å². The molecule has 0 radical (unpaired) electrons. The summed E-state index contributed by atoms with van der Waals surface area (Å²) in [5.74, 6) is 1.64. The van der Waals surface area contributed by atoms with E-state index >= 15 is 0 Å². The number of piperidine rings is 1. The zero-order valence-corrected chi connectivity index (χ0v) is 18.4. The van der Waals surface area contributed by atoms with Gasteiger partial charge in [-0.05, 0) is 53.1 Å². The first-order valence-corrected chi connectivity index (χ1v) is 9.27. The smallest absolute Gasteiger partial charge is 0.191 e. The van der Waals surface area contributed by atoms with Crippen molar-refractivity contribution in [2.24, 2.45) is 4.99 Å². The second-order valence-electron chi connectivity index (χ2n) is 7.05. The first kappa shape index (κ1) is 22.2. The number of aliphatic imine (C=N–C) groups is 1. The second-order valence-corrected chi connectivity index (χ2v) is 7.05. The van der Waals surface area contributed by atoms with E-state index in [2.05, 4.69) is 53.4 Å². The summed E-state index contributed by atoms with van der Waals surface area (Å²) >= 11 is 0. The van der Waals surface area contributed by atoms with Crippen LogP contribution in [-0.2, 0) is 13.0 Å². The van der Waals surface area contributed by atoms with Gasteiger partial charge in [0.1, 0.15) is 6.54 Å². The molecule has 0 saturated carbocycles. The van der Waals surface area contributed by atoms with Crippen molar-refractivity contribution in [3.8, 4) is 0 Å². The van der Waals surface area contributed by atoms with Crippen molar-refractivity contribution in [2.45, 2.75) is 65.5 Å². The number of hydrogen-bond acceptors (Lipinski definition) is 4. The van der Waals surface area contributed by atoms with Crippen LogP contribution < -0.4 is 10.6 Å². The molecule has 1 aliphatic rings. The molecule has 6 nitrogen and oxygen atoms in total. The molecule has 1 saturated heterocycles. The predicted molar refractivity (Wildman–Crippen MR) is 114 cm³/mol. The first-order chi connectivity index (χ1) is 11.5. The molecule has 0 bridgehead atoms. The summed E-state index contributed by atoms with van der Waals surface area (Å²) in [5.41, 5.74) is 1.10. The highest BCUT2D eigenvalue weighted by Crippen LogP contribution is 2.19. The van der Waals surface area contributed by atoms with Crippen LogP contribution in [0.5, 0.6) is 0 Å². The second kappa shape index (κ2) is 11.0. The van der Waals surface area contributed by atoms with Crippen LogP contribution in [0.15, 0.2) is 15.6 Å². The molecular formula is C18H34IN5O. The highest BCUT2D eigenvalue weighted by molar-refractivity contribution is 14.0. The Bertz CT molecular complexity index is 523. The third-order valence-corrected chi connectivity index (χ3v) is 4.61. The largest absolute Gasteiger partial charge is 0.359 e. The molecule has 1 aromatic heterocycles. The summed E-state index contributed by atoms with van der Waals surface area (Å²) < 4.78 is 5.30. The van der Waals surface area contributed by atoms with Crippen LogP contribution >= 0.6 is 24.0 Å². The third-order valence-electron chi connectivity index (χ3n) is 4.61. The van der Waals surface area contributed by atoms with Gasteiger partial charge >= 0.3 is 0 Å². The Morgan fingerprint density at radius 2 is 1.96 bits per heavy atom. The molecule has 25 heavy (non-hydrogen) atoms. The SMILES string of the molecule is CCNC(=NCc1cc(CC)no1)NCC(C)(C)N1CCCCC1.I. The number of nitrogens with zero attached hydrogens (tertiary/aromatic N) is 3. The minimum Gasteiger partial charge on any atom is -0.359 e. The fraction of sp³-hybridized carbons (Fsp3) is 0.778. The number of nitrogens with one attached hydrogen (secondary N) is 2. The number of hydrogen-bond donors (Lipinski definition) is 2. The minimum atomic E-state index is 0. The fourth-order valence-corrected chi connectivity index (χ4v) is 3.01. The molecule has 2 heterocycles. The Balaban J connectivity index is 0.00000312. The van der Waals surface area contributed by atoms with Crippen molar-refractivity contribution >= 4 is 29.9 Å². The normalized spacial score (nSPS) is 16.4. The van der Waals surface area contributed by atoms with Gasteiger partial charge in [0, 0.05) is 24.7 Å². The molecule has 2 rings (SSSR count). The average molecular weight is 463 g/mol. The van der Waals surface area contributed by atoms with Gasteiger partial charge in [0.15, 0.2) is 11.7 Å². The van der Waals surface area contributed by atoms with Gasteiger partial charge in [-0.15, -0.1) is 24.0 Å². The van der Waals surface area contributed by atoms with Crippen molar-refractivity contribution in [2.75, 3.05) is 26.2 Å². The maximum absolute atomic E-state index is 5.30. The average Bonchev–Trinajstić information content (AvgIpc) is 3.06. The summed E-state index contributed by atoms with van der Waals surface area (Å²) in [5, 5.41) is 10.8. The number of halogens is 1. The Hall–Kier alpha value is -0.830. The summed E-state index contributed by atoms with van der Waals surface area (Å²) in [6.45, 7) is 13.4. The Labute approximate surface area is 169 Å². The first-order valence-electron chi connectivity index (χ1n) is 9.27. The molecule has 0 amide bonds. The van der Waals surface area contributed by atoms with E-state index in [1.54, 1.807) is 0 Å². The van der Waals surface area contributed by atoms with Crippen LogP contribution in [0.3, 0.4) is 0 Å². The molecule has 2 N–H and O–H groups in total. The van der Waals surface area contributed by atoms with E-state index < -0.39 is 0 Å². The van der Waals surface area contributed by atoms with Crippen molar-refractivity contribution in [3.63, 3.8) is 0 Å². The molecule has 0 atom stereocenters. The number of rotatable bonds is 7. The molecule has 0 unspecified atom stereocenters.